The molecule has 23 heavy (non-hydrogen) atoms. The second-order valence-corrected chi connectivity index (χ2v) is 6.11. The molecule has 0 spiro atoms. The van der Waals surface area contributed by atoms with Gasteiger partial charge in [0.1, 0.15) is 5.57 Å². The van der Waals surface area contributed by atoms with Gasteiger partial charge < -0.3 is 0 Å². The van der Waals surface area contributed by atoms with Crippen molar-refractivity contribution in [2.45, 2.75) is 34.6 Å². The minimum atomic E-state index is -0.609. The normalized spacial score (nSPS) is 15.6. The summed E-state index contributed by atoms with van der Waals surface area (Å²) in [6, 6.07) is -0.609. The van der Waals surface area contributed by atoms with E-state index in [1.807, 2.05) is 27.7 Å². The van der Waals surface area contributed by atoms with Crippen molar-refractivity contribution >= 4 is 23.9 Å². The summed E-state index contributed by atoms with van der Waals surface area (Å²) in [4.78, 5) is 38.4. The number of likely N-dealkylation sites (N-methyl/N-ethyl adjacent to an activating group) is 2. The second kappa shape index (κ2) is 5.65. The zero-order chi connectivity index (χ0) is 17.6. The smallest absolute Gasteiger partial charge is 0.268 e. The molecule has 0 bridgehead atoms. The van der Waals surface area contributed by atoms with Gasteiger partial charge in [0.05, 0.1) is 0 Å². The summed E-state index contributed by atoms with van der Waals surface area (Å²) in [6.07, 6.45) is 1.62. The highest BCUT2D eigenvalue weighted by Gasteiger charge is 2.38. The highest BCUT2D eigenvalue weighted by Crippen LogP contribution is 2.29. The van der Waals surface area contributed by atoms with Crippen LogP contribution in [0.1, 0.15) is 33.4 Å². The van der Waals surface area contributed by atoms with Crippen LogP contribution in [0.3, 0.4) is 0 Å². The molecule has 1 aromatic rings. The maximum absolute atomic E-state index is 12.3. The molecule has 1 saturated heterocycles. The lowest BCUT2D eigenvalue weighted by atomic mass is 9.88. The van der Waals surface area contributed by atoms with Crippen molar-refractivity contribution in [3.63, 3.8) is 0 Å². The number of amides is 4. The largest absolute Gasteiger partial charge is 0.333 e. The van der Waals surface area contributed by atoms with Crippen LogP contribution < -0.4 is 0 Å². The third-order valence-electron chi connectivity index (χ3n) is 4.99. The van der Waals surface area contributed by atoms with E-state index in [-0.39, 0.29) is 5.57 Å². The Balaban J connectivity index is 2.69. The average molecular weight is 314 g/mol. The first-order chi connectivity index (χ1) is 10.6. The maximum Gasteiger partial charge on any atom is 0.333 e. The van der Waals surface area contributed by atoms with Crippen LogP contribution in [0.4, 0.5) is 4.79 Å². The van der Waals surface area contributed by atoms with Crippen molar-refractivity contribution < 1.29 is 14.4 Å². The molecule has 1 aliphatic rings. The van der Waals surface area contributed by atoms with Gasteiger partial charge in [-0.15, -0.1) is 0 Å². The van der Waals surface area contributed by atoms with E-state index in [1.54, 1.807) is 6.08 Å². The zero-order valence-corrected chi connectivity index (χ0v) is 14.7. The Labute approximate surface area is 136 Å². The molecule has 0 radical (unpaired) electrons. The molecule has 2 rings (SSSR count). The fourth-order valence-electron chi connectivity index (χ4n) is 2.86. The fourth-order valence-corrected chi connectivity index (χ4v) is 2.86. The number of urea groups is 1. The molecule has 0 unspecified atom stereocenters. The molecule has 0 aliphatic carbocycles. The summed E-state index contributed by atoms with van der Waals surface area (Å²) < 4.78 is 0. The molecule has 5 heteroatoms. The number of imide groups is 2. The Kier molecular flexibility index (Phi) is 4.16. The van der Waals surface area contributed by atoms with Gasteiger partial charge in [0.15, 0.2) is 0 Å². The summed E-state index contributed by atoms with van der Waals surface area (Å²) in [5, 5.41) is 0. The minimum Gasteiger partial charge on any atom is -0.268 e. The fraction of sp³-hybridized carbons (Fsp3) is 0.389. The van der Waals surface area contributed by atoms with E-state index < -0.39 is 17.8 Å². The van der Waals surface area contributed by atoms with Crippen LogP contribution in [0, 0.1) is 34.6 Å². The van der Waals surface area contributed by atoms with E-state index in [4.69, 9.17) is 0 Å². The Morgan fingerprint density at radius 1 is 0.652 bits per heavy atom. The minimum absolute atomic E-state index is 0.0171. The number of nitrogens with zero attached hydrogens (tertiary/aromatic N) is 2. The molecule has 1 heterocycles. The van der Waals surface area contributed by atoms with Crippen molar-refractivity contribution in [3.05, 3.63) is 39.0 Å². The molecule has 1 aromatic carbocycles. The van der Waals surface area contributed by atoms with E-state index >= 15 is 0 Å². The molecule has 0 atom stereocenters. The van der Waals surface area contributed by atoms with Crippen LogP contribution in [0.15, 0.2) is 5.57 Å². The molecule has 0 aromatic heterocycles. The van der Waals surface area contributed by atoms with Crippen LogP contribution in [0.2, 0.25) is 0 Å². The summed E-state index contributed by atoms with van der Waals surface area (Å²) in [5.41, 5.74) is 6.48. The number of barbiturate groups is 1. The monoisotopic (exact) mass is 314 g/mol. The van der Waals surface area contributed by atoms with Crippen LogP contribution in [-0.2, 0) is 9.59 Å². The number of hydrogen-bond donors (Lipinski definition) is 0. The van der Waals surface area contributed by atoms with Gasteiger partial charge >= 0.3 is 6.03 Å². The number of hydrogen-bond acceptors (Lipinski definition) is 3. The van der Waals surface area contributed by atoms with Crippen molar-refractivity contribution in [1.82, 2.24) is 9.80 Å². The summed E-state index contributed by atoms with van der Waals surface area (Å²) in [7, 11) is 2.76. The second-order valence-electron chi connectivity index (χ2n) is 6.11. The third-order valence-corrected chi connectivity index (χ3v) is 4.99. The van der Waals surface area contributed by atoms with E-state index in [9.17, 15) is 14.4 Å². The van der Waals surface area contributed by atoms with Crippen LogP contribution >= 0.6 is 0 Å². The zero-order valence-electron chi connectivity index (χ0n) is 14.7. The van der Waals surface area contributed by atoms with Gasteiger partial charge in [0.25, 0.3) is 11.8 Å². The first kappa shape index (κ1) is 16.9. The highest BCUT2D eigenvalue weighted by molar-refractivity contribution is 6.30. The molecule has 0 saturated carbocycles. The van der Waals surface area contributed by atoms with Crippen molar-refractivity contribution in [3.8, 4) is 0 Å². The predicted molar refractivity (Wildman–Crippen MR) is 89.0 cm³/mol. The molecular weight excluding hydrogens is 292 g/mol. The number of rotatable bonds is 1. The Morgan fingerprint density at radius 3 is 1.39 bits per heavy atom. The molecule has 4 amide bonds. The van der Waals surface area contributed by atoms with Gasteiger partial charge in [-0.05, 0) is 74.1 Å². The quantitative estimate of drug-likeness (QED) is 0.591. The van der Waals surface area contributed by atoms with Crippen LogP contribution in [-0.4, -0.2) is 41.7 Å². The van der Waals surface area contributed by atoms with Crippen LogP contribution in [0.25, 0.3) is 6.08 Å². The van der Waals surface area contributed by atoms with Crippen LogP contribution in [0.5, 0.6) is 0 Å². The van der Waals surface area contributed by atoms with Gasteiger partial charge in [-0.1, -0.05) is 0 Å². The standard InChI is InChI=1S/C18H22N2O3/c1-9-10(2)12(4)14(13(5)11(9)3)8-15-16(21)19(6)18(23)20(7)17(15)22/h8H,1-7H3. The summed E-state index contributed by atoms with van der Waals surface area (Å²) in [5.74, 6) is -1.12. The molecule has 0 N–H and O–H groups in total. The van der Waals surface area contributed by atoms with Gasteiger partial charge in [-0.25, -0.2) is 4.79 Å². The summed E-state index contributed by atoms with van der Waals surface area (Å²) in [6.45, 7) is 10.1. The molecule has 1 fully saturated rings. The van der Waals surface area contributed by atoms with E-state index in [0.29, 0.717) is 0 Å². The van der Waals surface area contributed by atoms with E-state index in [1.165, 1.54) is 19.7 Å². The third kappa shape index (κ3) is 2.46. The SMILES string of the molecule is Cc1c(C)c(C)c(C=C2C(=O)N(C)C(=O)N(C)C2=O)c(C)c1C. The lowest BCUT2D eigenvalue weighted by Gasteiger charge is -2.29. The first-order valence-electron chi connectivity index (χ1n) is 7.48. The molecule has 1 aliphatic heterocycles. The van der Waals surface area contributed by atoms with Gasteiger partial charge in [-0.2, -0.15) is 0 Å². The van der Waals surface area contributed by atoms with Crippen molar-refractivity contribution in [2.24, 2.45) is 0 Å². The maximum atomic E-state index is 12.3. The molecule has 122 valence electrons. The number of carbonyl (C=O) groups is 3. The van der Waals surface area contributed by atoms with Gasteiger partial charge in [-0.3, -0.25) is 19.4 Å². The first-order valence-corrected chi connectivity index (χ1v) is 7.48. The molecule has 5 nitrogen and oxygen atoms in total. The van der Waals surface area contributed by atoms with Crippen molar-refractivity contribution in [2.75, 3.05) is 14.1 Å². The van der Waals surface area contributed by atoms with Gasteiger partial charge in [0.2, 0.25) is 0 Å². The average Bonchev–Trinajstić information content (AvgIpc) is 2.54. The number of carbonyl (C=O) groups excluding carboxylic acids is 3. The Hall–Kier alpha value is -2.43. The summed E-state index contributed by atoms with van der Waals surface area (Å²) >= 11 is 0. The van der Waals surface area contributed by atoms with Gasteiger partial charge in [0, 0.05) is 14.1 Å². The Bertz CT molecular complexity index is 720. The lowest BCUT2D eigenvalue weighted by Crippen LogP contribution is -2.52. The topological polar surface area (TPSA) is 57.7 Å². The predicted octanol–water partition coefficient (Wildman–Crippen LogP) is 2.66. The number of benzene rings is 1. The van der Waals surface area contributed by atoms with Crippen molar-refractivity contribution in [1.29, 1.82) is 0 Å². The lowest BCUT2D eigenvalue weighted by molar-refractivity contribution is -0.134. The Morgan fingerprint density at radius 2 is 1.00 bits per heavy atom. The molecular formula is C18H22N2O3. The van der Waals surface area contributed by atoms with E-state index in [0.717, 1.165) is 37.6 Å². The highest BCUT2D eigenvalue weighted by atomic mass is 16.2. The van der Waals surface area contributed by atoms with E-state index in [2.05, 4.69) is 6.92 Å².